The van der Waals surface area contributed by atoms with Crippen LogP contribution in [-0.2, 0) is 4.74 Å². The third-order valence-corrected chi connectivity index (χ3v) is 6.26. The molecular weight excluding hydrogens is 272 g/mol. The Morgan fingerprint density at radius 2 is 1.68 bits per heavy atom. The van der Waals surface area contributed by atoms with Crippen molar-refractivity contribution in [3.63, 3.8) is 0 Å². The third-order valence-electron chi connectivity index (χ3n) is 6.26. The van der Waals surface area contributed by atoms with E-state index in [2.05, 4.69) is 37.6 Å². The van der Waals surface area contributed by atoms with E-state index in [0.29, 0.717) is 0 Å². The molecule has 3 fully saturated rings. The van der Waals surface area contributed by atoms with Gasteiger partial charge in [-0.15, -0.1) is 0 Å². The molecule has 0 aromatic rings. The summed E-state index contributed by atoms with van der Waals surface area (Å²) < 4.78 is 6.71. The maximum Gasteiger partial charge on any atom is 0.0819 e. The van der Waals surface area contributed by atoms with Gasteiger partial charge in [0.05, 0.1) is 11.2 Å². The number of rotatable bonds is 5. The van der Waals surface area contributed by atoms with Crippen LogP contribution in [-0.4, -0.2) is 60.3 Å². The fourth-order valence-corrected chi connectivity index (χ4v) is 4.49. The molecule has 2 aliphatic carbocycles. The van der Waals surface area contributed by atoms with Crippen LogP contribution in [0.2, 0.25) is 0 Å². The van der Waals surface area contributed by atoms with Crippen LogP contribution in [0.25, 0.3) is 0 Å². The second-order valence-electron chi connectivity index (χ2n) is 8.67. The maximum atomic E-state index is 6.71. The van der Waals surface area contributed by atoms with E-state index in [0.717, 1.165) is 12.0 Å². The van der Waals surface area contributed by atoms with Crippen molar-refractivity contribution in [1.82, 2.24) is 9.80 Å². The molecule has 1 heterocycles. The Labute approximate surface area is 137 Å². The summed E-state index contributed by atoms with van der Waals surface area (Å²) in [5.74, 6) is 0.812. The van der Waals surface area contributed by atoms with Gasteiger partial charge < -0.3 is 9.64 Å². The van der Waals surface area contributed by atoms with Gasteiger partial charge >= 0.3 is 0 Å². The second kappa shape index (κ2) is 6.41. The summed E-state index contributed by atoms with van der Waals surface area (Å²) in [5, 5.41) is 0. The Bertz CT molecular complexity index is 370. The molecule has 3 nitrogen and oxygen atoms in total. The van der Waals surface area contributed by atoms with Gasteiger partial charge in [-0.05, 0) is 71.0 Å². The molecule has 0 bridgehead atoms. The minimum absolute atomic E-state index is 0.181. The van der Waals surface area contributed by atoms with Gasteiger partial charge in [0.15, 0.2) is 0 Å². The average molecular weight is 309 g/mol. The zero-order valence-corrected chi connectivity index (χ0v) is 15.2. The molecular formula is C19H36N2O. The van der Waals surface area contributed by atoms with Crippen molar-refractivity contribution in [1.29, 1.82) is 0 Å². The number of likely N-dealkylation sites (N-methyl/N-ethyl adjacent to an activating group) is 1. The van der Waals surface area contributed by atoms with Crippen LogP contribution >= 0.6 is 0 Å². The predicted octanol–water partition coefficient (Wildman–Crippen LogP) is 3.53. The average Bonchev–Trinajstić information content (AvgIpc) is 3.23. The van der Waals surface area contributed by atoms with Crippen molar-refractivity contribution in [2.24, 2.45) is 5.92 Å². The first kappa shape index (κ1) is 16.7. The molecule has 1 aliphatic heterocycles. The van der Waals surface area contributed by atoms with E-state index >= 15 is 0 Å². The van der Waals surface area contributed by atoms with Crippen molar-refractivity contribution in [2.75, 3.05) is 33.2 Å². The molecule has 3 aliphatic rings. The minimum Gasteiger partial charge on any atom is -0.366 e. The molecule has 3 rings (SSSR count). The van der Waals surface area contributed by atoms with Gasteiger partial charge in [0, 0.05) is 19.1 Å². The first-order valence-electron chi connectivity index (χ1n) is 9.59. The molecule has 0 N–H and O–H groups in total. The van der Waals surface area contributed by atoms with Crippen molar-refractivity contribution >= 4 is 0 Å². The SMILES string of the molecule is CCN1CC2(CC2)O[C@]2(CC[C@H](N(C)CCC(C)C)CC2)C1. The van der Waals surface area contributed by atoms with Gasteiger partial charge in [-0.3, -0.25) is 4.90 Å². The summed E-state index contributed by atoms with van der Waals surface area (Å²) in [6.07, 6.45) is 9.08. The highest BCUT2D eigenvalue weighted by molar-refractivity contribution is 5.07. The largest absolute Gasteiger partial charge is 0.366 e. The summed E-state index contributed by atoms with van der Waals surface area (Å²) in [4.78, 5) is 5.26. The number of nitrogens with zero attached hydrogens (tertiary/aromatic N) is 2. The van der Waals surface area contributed by atoms with Crippen LogP contribution < -0.4 is 0 Å². The van der Waals surface area contributed by atoms with Crippen molar-refractivity contribution in [3.05, 3.63) is 0 Å². The van der Waals surface area contributed by atoms with Gasteiger partial charge in [0.2, 0.25) is 0 Å². The monoisotopic (exact) mass is 308 g/mol. The molecule has 128 valence electrons. The predicted molar refractivity (Wildman–Crippen MR) is 92.2 cm³/mol. The van der Waals surface area contributed by atoms with E-state index in [1.54, 1.807) is 0 Å². The fraction of sp³-hybridized carbons (Fsp3) is 1.00. The summed E-state index contributed by atoms with van der Waals surface area (Å²) in [6.45, 7) is 11.8. The highest BCUT2D eigenvalue weighted by atomic mass is 16.5. The Kier molecular flexibility index (Phi) is 4.87. The van der Waals surface area contributed by atoms with Crippen LogP contribution in [0.1, 0.15) is 65.7 Å². The zero-order chi connectivity index (χ0) is 15.8. The summed E-state index contributed by atoms with van der Waals surface area (Å²) in [6, 6.07) is 0.778. The topological polar surface area (TPSA) is 15.7 Å². The minimum atomic E-state index is 0.181. The number of morpholine rings is 1. The van der Waals surface area contributed by atoms with E-state index in [4.69, 9.17) is 4.74 Å². The summed E-state index contributed by atoms with van der Waals surface area (Å²) in [7, 11) is 2.33. The molecule has 0 aromatic carbocycles. The zero-order valence-electron chi connectivity index (χ0n) is 15.2. The normalized spacial score (nSPS) is 34.9. The number of hydrogen-bond donors (Lipinski definition) is 0. The van der Waals surface area contributed by atoms with Gasteiger partial charge in [-0.25, -0.2) is 0 Å². The van der Waals surface area contributed by atoms with E-state index in [-0.39, 0.29) is 11.2 Å². The van der Waals surface area contributed by atoms with Gasteiger partial charge in [-0.1, -0.05) is 20.8 Å². The molecule has 0 amide bonds. The van der Waals surface area contributed by atoms with Gasteiger partial charge in [0.1, 0.15) is 0 Å². The fourth-order valence-electron chi connectivity index (χ4n) is 4.49. The van der Waals surface area contributed by atoms with Crippen LogP contribution in [0.3, 0.4) is 0 Å². The van der Waals surface area contributed by atoms with E-state index in [1.165, 1.54) is 71.1 Å². The standard InChI is InChI=1S/C19H36N2O/c1-5-21-14-18(22-19(15-21)11-12-19)9-6-17(7-10-18)20(4)13-8-16(2)3/h16-17H,5-15H2,1-4H3/t17-,18-. The van der Waals surface area contributed by atoms with Gasteiger partial charge in [-0.2, -0.15) is 0 Å². The van der Waals surface area contributed by atoms with Gasteiger partial charge in [0.25, 0.3) is 0 Å². The lowest BCUT2D eigenvalue weighted by Crippen LogP contribution is -2.59. The Hall–Kier alpha value is -0.120. The number of hydrogen-bond acceptors (Lipinski definition) is 3. The molecule has 3 heteroatoms. The van der Waals surface area contributed by atoms with E-state index < -0.39 is 0 Å². The molecule has 0 radical (unpaired) electrons. The first-order valence-corrected chi connectivity index (χ1v) is 9.59. The smallest absolute Gasteiger partial charge is 0.0819 e. The van der Waals surface area contributed by atoms with Crippen molar-refractivity contribution < 1.29 is 4.74 Å². The quantitative estimate of drug-likeness (QED) is 0.773. The molecule has 1 saturated heterocycles. The molecule has 2 saturated carbocycles. The summed E-state index contributed by atoms with van der Waals surface area (Å²) >= 11 is 0. The lowest BCUT2D eigenvalue weighted by molar-refractivity contribution is -0.186. The van der Waals surface area contributed by atoms with Crippen LogP contribution in [0, 0.1) is 5.92 Å². The molecule has 0 aromatic heterocycles. The molecule has 0 unspecified atom stereocenters. The Balaban J connectivity index is 1.54. The van der Waals surface area contributed by atoms with Crippen LogP contribution in [0.5, 0.6) is 0 Å². The van der Waals surface area contributed by atoms with Crippen LogP contribution in [0.15, 0.2) is 0 Å². The van der Waals surface area contributed by atoms with Crippen molar-refractivity contribution in [3.8, 4) is 0 Å². The molecule has 22 heavy (non-hydrogen) atoms. The van der Waals surface area contributed by atoms with Crippen molar-refractivity contribution in [2.45, 2.75) is 83.0 Å². The first-order chi connectivity index (χ1) is 10.5. The molecule has 2 spiro atoms. The summed E-state index contributed by atoms with van der Waals surface area (Å²) in [5.41, 5.74) is 0.435. The van der Waals surface area contributed by atoms with E-state index in [1.807, 2.05) is 0 Å². The number of ether oxygens (including phenoxy) is 1. The van der Waals surface area contributed by atoms with E-state index in [9.17, 15) is 0 Å². The highest BCUT2D eigenvalue weighted by Gasteiger charge is 2.55. The van der Waals surface area contributed by atoms with Crippen LogP contribution in [0.4, 0.5) is 0 Å². The molecule has 0 atom stereocenters. The highest BCUT2D eigenvalue weighted by Crippen LogP contribution is 2.50. The Morgan fingerprint density at radius 1 is 1.09 bits per heavy atom. The lowest BCUT2D eigenvalue weighted by Gasteiger charge is -2.50. The maximum absolute atomic E-state index is 6.71. The Morgan fingerprint density at radius 3 is 2.18 bits per heavy atom. The lowest BCUT2D eigenvalue weighted by atomic mass is 9.79. The second-order valence-corrected chi connectivity index (χ2v) is 8.67. The third kappa shape index (κ3) is 3.68.